The fraction of sp³-hybridized carbons (Fsp3) is 0.615. The van der Waals surface area contributed by atoms with E-state index in [1.807, 2.05) is 13.2 Å². The van der Waals surface area contributed by atoms with Gasteiger partial charge in [-0.3, -0.25) is 4.79 Å². The predicted octanol–water partition coefficient (Wildman–Crippen LogP) is 2.27. The molecule has 8 heteroatoms. The number of ketones is 1. The molecule has 1 aliphatic heterocycles. The number of thioether (sulfide) groups is 1. The number of nitrogens with zero attached hydrogens (tertiary/aromatic N) is 1. The van der Waals surface area contributed by atoms with Crippen LogP contribution in [0.3, 0.4) is 0 Å². The maximum atomic E-state index is 12.0. The van der Waals surface area contributed by atoms with E-state index in [-0.39, 0.29) is 17.3 Å². The van der Waals surface area contributed by atoms with Crippen LogP contribution in [0.2, 0.25) is 0 Å². The minimum absolute atomic E-state index is 0.0430. The molecule has 1 saturated heterocycles. The van der Waals surface area contributed by atoms with Crippen molar-refractivity contribution in [2.45, 2.75) is 24.7 Å². The standard InChI is InChI=1S/C13H20N2O3S3/c1-3-9(16)11-10(14)12(19-2)13(20-11)15-5-4-7-21(17,18)8-6-15/h3-8,14H2,1-2H3. The molecule has 0 amide bonds. The van der Waals surface area contributed by atoms with Crippen molar-refractivity contribution in [3.05, 3.63) is 4.88 Å². The summed E-state index contributed by atoms with van der Waals surface area (Å²) < 4.78 is 23.4. The van der Waals surface area contributed by atoms with E-state index in [1.165, 1.54) is 23.1 Å². The molecule has 0 spiro atoms. The van der Waals surface area contributed by atoms with E-state index in [4.69, 9.17) is 5.73 Å². The van der Waals surface area contributed by atoms with Crippen molar-refractivity contribution < 1.29 is 13.2 Å². The average Bonchev–Trinajstić information content (AvgIpc) is 2.66. The van der Waals surface area contributed by atoms with Crippen LogP contribution in [-0.2, 0) is 9.84 Å². The van der Waals surface area contributed by atoms with Gasteiger partial charge in [0.25, 0.3) is 0 Å². The first-order valence-electron chi connectivity index (χ1n) is 6.84. The van der Waals surface area contributed by atoms with Crippen molar-refractivity contribution >= 4 is 49.4 Å². The number of anilines is 2. The summed E-state index contributed by atoms with van der Waals surface area (Å²) in [5, 5.41) is 0.939. The Hall–Kier alpha value is -0.730. The third kappa shape index (κ3) is 3.54. The topological polar surface area (TPSA) is 80.5 Å². The molecule has 0 radical (unpaired) electrons. The lowest BCUT2D eigenvalue weighted by atomic mass is 10.2. The van der Waals surface area contributed by atoms with E-state index in [9.17, 15) is 13.2 Å². The zero-order chi connectivity index (χ0) is 15.6. The van der Waals surface area contributed by atoms with Crippen LogP contribution < -0.4 is 10.6 Å². The zero-order valence-corrected chi connectivity index (χ0v) is 14.7. The number of sulfone groups is 1. The number of nitrogens with two attached hydrogens (primary N) is 1. The summed E-state index contributed by atoms with van der Waals surface area (Å²) >= 11 is 2.91. The number of thiophene rings is 1. The van der Waals surface area contributed by atoms with Gasteiger partial charge in [-0.2, -0.15) is 0 Å². The lowest BCUT2D eigenvalue weighted by Gasteiger charge is -2.21. The molecule has 5 nitrogen and oxygen atoms in total. The zero-order valence-electron chi connectivity index (χ0n) is 12.2. The molecule has 0 bridgehead atoms. The van der Waals surface area contributed by atoms with Gasteiger partial charge in [-0.05, 0) is 12.7 Å². The Morgan fingerprint density at radius 3 is 2.71 bits per heavy atom. The quantitative estimate of drug-likeness (QED) is 0.664. The third-order valence-electron chi connectivity index (χ3n) is 3.50. The summed E-state index contributed by atoms with van der Waals surface area (Å²) in [5.74, 6) is 0.441. The van der Waals surface area contributed by atoms with Crippen LogP contribution in [0.4, 0.5) is 10.7 Å². The molecular weight excluding hydrogens is 328 g/mol. The monoisotopic (exact) mass is 348 g/mol. The van der Waals surface area contributed by atoms with Crippen molar-refractivity contribution in [2.24, 2.45) is 0 Å². The molecule has 1 fully saturated rings. The molecule has 2 N–H and O–H groups in total. The molecule has 0 aliphatic carbocycles. The fourth-order valence-corrected chi connectivity index (χ4v) is 5.85. The molecule has 1 aromatic heterocycles. The number of hydrogen-bond donors (Lipinski definition) is 1. The summed E-state index contributed by atoms with van der Waals surface area (Å²) in [5.41, 5.74) is 6.66. The third-order valence-corrected chi connectivity index (χ3v) is 7.48. The van der Waals surface area contributed by atoms with Gasteiger partial charge in [-0.15, -0.1) is 23.1 Å². The van der Waals surface area contributed by atoms with E-state index in [1.54, 1.807) is 0 Å². The second-order valence-corrected chi connectivity index (χ2v) is 9.07. The molecule has 0 saturated carbocycles. The SMILES string of the molecule is CCC(=O)c1sc(N2CCCS(=O)(=O)CC2)c(SC)c1N. The molecule has 0 unspecified atom stereocenters. The lowest BCUT2D eigenvalue weighted by molar-refractivity contribution is 0.0992. The first kappa shape index (κ1) is 16.6. The van der Waals surface area contributed by atoms with Gasteiger partial charge in [-0.25, -0.2) is 8.42 Å². The molecular formula is C13H20N2O3S3. The normalized spacial score (nSPS) is 18.5. The van der Waals surface area contributed by atoms with Crippen LogP contribution >= 0.6 is 23.1 Å². The molecule has 0 aromatic carbocycles. The smallest absolute Gasteiger partial charge is 0.174 e. The van der Waals surface area contributed by atoms with Crippen molar-refractivity contribution in [2.75, 3.05) is 41.5 Å². The maximum absolute atomic E-state index is 12.0. The van der Waals surface area contributed by atoms with Crippen molar-refractivity contribution in [1.29, 1.82) is 0 Å². The highest BCUT2D eigenvalue weighted by molar-refractivity contribution is 7.99. The predicted molar refractivity (Wildman–Crippen MR) is 90.6 cm³/mol. The second kappa shape index (κ2) is 6.58. The first-order chi connectivity index (χ1) is 9.89. The van der Waals surface area contributed by atoms with Crippen LogP contribution in [0.1, 0.15) is 29.4 Å². The van der Waals surface area contributed by atoms with Gasteiger partial charge in [0.1, 0.15) is 5.00 Å². The molecule has 21 heavy (non-hydrogen) atoms. The number of carbonyl (C=O) groups is 1. The van der Waals surface area contributed by atoms with Crippen LogP contribution in [0.15, 0.2) is 4.90 Å². The Kier molecular flexibility index (Phi) is 5.21. The molecule has 1 aromatic rings. The Labute approximate surface area is 133 Å². The number of Topliss-reactive ketones (excluding diaryl/α,β-unsaturated/α-hetero) is 1. The van der Waals surface area contributed by atoms with Gasteiger partial charge < -0.3 is 10.6 Å². The lowest BCUT2D eigenvalue weighted by Crippen LogP contribution is -2.26. The van der Waals surface area contributed by atoms with E-state index in [0.717, 1.165) is 9.90 Å². The number of carbonyl (C=O) groups excluding carboxylic acids is 1. The highest BCUT2D eigenvalue weighted by Gasteiger charge is 2.26. The van der Waals surface area contributed by atoms with E-state index in [0.29, 0.717) is 36.5 Å². The molecule has 2 heterocycles. The van der Waals surface area contributed by atoms with Crippen LogP contribution in [0, 0.1) is 0 Å². The Morgan fingerprint density at radius 2 is 2.10 bits per heavy atom. The van der Waals surface area contributed by atoms with Crippen LogP contribution in [0.25, 0.3) is 0 Å². The van der Waals surface area contributed by atoms with E-state index >= 15 is 0 Å². The van der Waals surface area contributed by atoms with Gasteiger partial charge >= 0.3 is 0 Å². The van der Waals surface area contributed by atoms with Crippen molar-refractivity contribution in [3.63, 3.8) is 0 Å². The molecule has 118 valence electrons. The van der Waals surface area contributed by atoms with Crippen LogP contribution in [0.5, 0.6) is 0 Å². The number of rotatable bonds is 4. The highest BCUT2D eigenvalue weighted by atomic mass is 32.2. The second-order valence-electron chi connectivity index (χ2n) is 4.95. The van der Waals surface area contributed by atoms with Crippen molar-refractivity contribution in [3.8, 4) is 0 Å². The maximum Gasteiger partial charge on any atom is 0.174 e. The van der Waals surface area contributed by atoms with Gasteiger partial charge in [0.15, 0.2) is 15.6 Å². The number of nitrogen functional groups attached to an aromatic ring is 1. The summed E-state index contributed by atoms with van der Waals surface area (Å²) in [7, 11) is -2.95. The van der Waals surface area contributed by atoms with Gasteiger partial charge in [0.2, 0.25) is 0 Å². The van der Waals surface area contributed by atoms with Gasteiger partial charge in [0, 0.05) is 19.5 Å². The summed E-state index contributed by atoms with van der Waals surface area (Å²) in [4.78, 5) is 15.5. The Morgan fingerprint density at radius 1 is 1.38 bits per heavy atom. The number of hydrogen-bond acceptors (Lipinski definition) is 7. The summed E-state index contributed by atoms with van der Waals surface area (Å²) in [6.07, 6.45) is 2.97. The molecule has 2 rings (SSSR count). The average molecular weight is 349 g/mol. The minimum atomic E-state index is -2.95. The minimum Gasteiger partial charge on any atom is -0.396 e. The van der Waals surface area contributed by atoms with Crippen LogP contribution in [-0.4, -0.2) is 45.1 Å². The summed E-state index contributed by atoms with van der Waals surface area (Å²) in [6.45, 7) is 2.97. The van der Waals surface area contributed by atoms with E-state index in [2.05, 4.69) is 4.90 Å². The summed E-state index contributed by atoms with van der Waals surface area (Å²) in [6, 6.07) is 0. The first-order valence-corrected chi connectivity index (χ1v) is 10.7. The largest absolute Gasteiger partial charge is 0.396 e. The molecule has 0 atom stereocenters. The van der Waals surface area contributed by atoms with Crippen molar-refractivity contribution in [1.82, 2.24) is 0 Å². The van der Waals surface area contributed by atoms with E-state index < -0.39 is 9.84 Å². The Bertz CT molecular complexity index is 637. The van der Waals surface area contributed by atoms with Gasteiger partial charge in [-0.1, -0.05) is 6.92 Å². The molecule has 1 aliphatic rings. The fourth-order valence-electron chi connectivity index (χ4n) is 2.33. The van der Waals surface area contributed by atoms with Gasteiger partial charge in [0.05, 0.1) is 27.0 Å². The Balaban J connectivity index is 2.37. The highest BCUT2D eigenvalue weighted by Crippen LogP contribution is 2.44.